The summed E-state index contributed by atoms with van der Waals surface area (Å²) in [5, 5.41) is 3.50. The van der Waals surface area contributed by atoms with Gasteiger partial charge in [-0.15, -0.1) is 11.3 Å². The van der Waals surface area contributed by atoms with Crippen LogP contribution in [0.2, 0.25) is 0 Å². The molecule has 0 saturated carbocycles. The van der Waals surface area contributed by atoms with Gasteiger partial charge >= 0.3 is 0 Å². The van der Waals surface area contributed by atoms with E-state index in [0.717, 1.165) is 26.1 Å². The van der Waals surface area contributed by atoms with Crippen LogP contribution in [0, 0.1) is 0 Å². The second kappa shape index (κ2) is 5.85. The number of thiazole rings is 2. The summed E-state index contributed by atoms with van der Waals surface area (Å²) < 4.78 is 2.18. The van der Waals surface area contributed by atoms with Crippen LogP contribution in [0.1, 0.15) is 10.4 Å². The number of carbonyl (C=O) groups is 1. The molecule has 0 saturated heterocycles. The topological polar surface area (TPSA) is 58.1 Å². The van der Waals surface area contributed by atoms with Gasteiger partial charge in [-0.25, -0.2) is 9.97 Å². The summed E-state index contributed by atoms with van der Waals surface area (Å²) in [5.74, 6) is -0.153. The third kappa shape index (κ3) is 2.61. The first-order valence-corrected chi connectivity index (χ1v) is 9.03. The van der Waals surface area contributed by atoms with Crippen molar-refractivity contribution in [3.05, 3.63) is 47.5 Å². The lowest BCUT2D eigenvalue weighted by atomic mass is 10.2. The fraction of sp³-hybridized carbons (Fsp3) is 0.118. The van der Waals surface area contributed by atoms with E-state index in [-0.39, 0.29) is 5.91 Å². The minimum absolute atomic E-state index is 0.153. The molecule has 2 aromatic carbocycles. The van der Waals surface area contributed by atoms with Crippen LogP contribution < -0.4 is 10.2 Å². The molecular formula is C17H14N4OS2. The van der Waals surface area contributed by atoms with Crippen LogP contribution in [0.15, 0.2) is 41.9 Å². The van der Waals surface area contributed by atoms with Crippen molar-refractivity contribution in [3.8, 4) is 0 Å². The van der Waals surface area contributed by atoms with Gasteiger partial charge < -0.3 is 4.90 Å². The number of benzene rings is 2. The van der Waals surface area contributed by atoms with Crippen molar-refractivity contribution in [3.63, 3.8) is 0 Å². The minimum Gasteiger partial charge on any atom is -0.378 e. The van der Waals surface area contributed by atoms with Gasteiger partial charge in [-0.1, -0.05) is 11.3 Å². The van der Waals surface area contributed by atoms with Crippen LogP contribution in [-0.2, 0) is 0 Å². The lowest BCUT2D eigenvalue weighted by Crippen LogP contribution is -2.13. The normalized spacial score (nSPS) is 11.1. The number of aromatic nitrogens is 2. The molecular weight excluding hydrogens is 340 g/mol. The number of hydrogen-bond donors (Lipinski definition) is 1. The highest BCUT2D eigenvalue weighted by molar-refractivity contribution is 7.28. The van der Waals surface area contributed by atoms with Gasteiger partial charge in [0.25, 0.3) is 5.91 Å². The molecule has 0 radical (unpaired) electrons. The average Bonchev–Trinajstić information content (AvgIpc) is 3.20. The second-order valence-electron chi connectivity index (χ2n) is 5.53. The largest absolute Gasteiger partial charge is 0.378 e. The molecule has 1 N–H and O–H groups in total. The number of amides is 1. The zero-order valence-corrected chi connectivity index (χ0v) is 14.7. The smallest absolute Gasteiger partial charge is 0.257 e. The maximum atomic E-state index is 12.4. The fourth-order valence-electron chi connectivity index (χ4n) is 2.44. The highest BCUT2D eigenvalue weighted by Crippen LogP contribution is 2.34. The molecule has 7 heteroatoms. The number of anilines is 2. The van der Waals surface area contributed by atoms with E-state index in [1.807, 2.05) is 60.9 Å². The Balaban J connectivity index is 1.62. The summed E-state index contributed by atoms with van der Waals surface area (Å²) in [6.07, 6.45) is 0. The Morgan fingerprint density at radius 1 is 1.04 bits per heavy atom. The number of nitrogens with one attached hydrogen (secondary N) is 1. The lowest BCUT2D eigenvalue weighted by Gasteiger charge is -2.12. The van der Waals surface area contributed by atoms with Crippen molar-refractivity contribution in [1.29, 1.82) is 0 Å². The van der Waals surface area contributed by atoms with Crippen molar-refractivity contribution in [2.45, 2.75) is 0 Å². The first-order valence-electron chi connectivity index (χ1n) is 7.33. The molecule has 120 valence electrons. The van der Waals surface area contributed by atoms with Crippen molar-refractivity contribution < 1.29 is 4.79 Å². The predicted molar refractivity (Wildman–Crippen MR) is 102 cm³/mol. The highest BCUT2D eigenvalue weighted by Gasteiger charge is 2.12. The summed E-state index contributed by atoms with van der Waals surface area (Å²) in [6, 6.07) is 11.4. The standard InChI is InChI=1S/C17H14N4OS2/c1-21(2)11-5-3-10(4-6-11)16(22)20-17-19-13-8-7-12-14(15(13)24-17)23-9-18-12/h3-9H,1-2H3,(H,19,20,22). The first-order chi connectivity index (χ1) is 11.6. The van der Waals surface area contributed by atoms with Crippen LogP contribution in [0.25, 0.3) is 20.4 Å². The van der Waals surface area contributed by atoms with Crippen molar-refractivity contribution in [1.82, 2.24) is 9.97 Å². The van der Waals surface area contributed by atoms with Gasteiger partial charge in [0.05, 0.1) is 25.9 Å². The summed E-state index contributed by atoms with van der Waals surface area (Å²) in [6.45, 7) is 0. The van der Waals surface area contributed by atoms with Crippen molar-refractivity contribution in [2.75, 3.05) is 24.3 Å². The molecule has 0 spiro atoms. The van der Waals surface area contributed by atoms with Crippen LogP contribution >= 0.6 is 22.7 Å². The Kier molecular flexibility index (Phi) is 3.66. The molecule has 0 atom stereocenters. The third-order valence-electron chi connectivity index (χ3n) is 3.72. The molecule has 2 heterocycles. The van der Waals surface area contributed by atoms with E-state index in [0.29, 0.717) is 10.7 Å². The number of fused-ring (bicyclic) bond motifs is 3. The van der Waals surface area contributed by atoms with E-state index < -0.39 is 0 Å². The van der Waals surface area contributed by atoms with Gasteiger partial charge in [-0.05, 0) is 36.4 Å². The number of rotatable bonds is 3. The Hall–Kier alpha value is -2.51. The third-order valence-corrected chi connectivity index (χ3v) is 5.71. The van der Waals surface area contributed by atoms with Crippen molar-refractivity contribution in [2.24, 2.45) is 0 Å². The van der Waals surface area contributed by atoms with Crippen molar-refractivity contribution >= 4 is 59.8 Å². The lowest BCUT2D eigenvalue weighted by molar-refractivity contribution is 0.102. The van der Waals surface area contributed by atoms with Crippen LogP contribution in [0.3, 0.4) is 0 Å². The number of hydrogen-bond acceptors (Lipinski definition) is 6. The van der Waals surface area contributed by atoms with Crippen LogP contribution in [-0.4, -0.2) is 30.0 Å². The zero-order chi connectivity index (χ0) is 16.7. The molecule has 24 heavy (non-hydrogen) atoms. The van der Waals surface area contributed by atoms with Gasteiger partial charge in [-0.2, -0.15) is 0 Å². The first kappa shape index (κ1) is 15.0. The van der Waals surface area contributed by atoms with Gasteiger partial charge in [0.1, 0.15) is 0 Å². The van der Waals surface area contributed by atoms with E-state index in [1.165, 1.54) is 11.3 Å². The Labute approximate surface area is 146 Å². The number of carbonyl (C=O) groups excluding carboxylic acids is 1. The molecule has 4 rings (SSSR count). The van der Waals surface area contributed by atoms with Crippen LogP contribution in [0.4, 0.5) is 10.8 Å². The molecule has 5 nitrogen and oxygen atoms in total. The van der Waals surface area contributed by atoms with E-state index in [9.17, 15) is 4.79 Å². The molecule has 4 aromatic rings. The minimum atomic E-state index is -0.153. The Bertz CT molecular complexity index is 1030. The molecule has 0 aliphatic rings. The van der Waals surface area contributed by atoms with Crippen LogP contribution in [0.5, 0.6) is 0 Å². The van der Waals surface area contributed by atoms with E-state index in [4.69, 9.17) is 0 Å². The Morgan fingerprint density at radius 3 is 2.54 bits per heavy atom. The number of nitrogens with zero attached hydrogens (tertiary/aromatic N) is 3. The molecule has 1 amide bonds. The molecule has 0 aliphatic carbocycles. The fourth-order valence-corrected chi connectivity index (χ4v) is 4.33. The van der Waals surface area contributed by atoms with Gasteiger partial charge in [0.15, 0.2) is 5.13 Å². The SMILES string of the molecule is CN(C)c1ccc(C(=O)Nc2nc3ccc4ncsc4c3s2)cc1. The zero-order valence-electron chi connectivity index (χ0n) is 13.1. The summed E-state index contributed by atoms with van der Waals surface area (Å²) in [7, 11) is 3.94. The monoisotopic (exact) mass is 354 g/mol. The molecule has 0 bridgehead atoms. The second-order valence-corrected chi connectivity index (χ2v) is 7.38. The molecule has 0 fully saturated rings. The van der Waals surface area contributed by atoms with E-state index in [2.05, 4.69) is 15.3 Å². The molecule has 2 aromatic heterocycles. The maximum Gasteiger partial charge on any atom is 0.257 e. The predicted octanol–water partition coefficient (Wildman–Crippen LogP) is 4.22. The quantitative estimate of drug-likeness (QED) is 0.598. The molecule has 0 unspecified atom stereocenters. The highest BCUT2D eigenvalue weighted by atomic mass is 32.1. The van der Waals surface area contributed by atoms with E-state index >= 15 is 0 Å². The summed E-state index contributed by atoms with van der Waals surface area (Å²) in [4.78, 5) is 23.2. The summed E-state index contributed by atoms with van der Waals surface area (Å²) in [5.41, 5.74) is 5.35. The van der Waals surface area contributed by atoms with Gasteiger partial charge in [0, 0.05) is 25.3 Å². The summed E-state index contributed by atoms with van der Waals surface area (Å²) >= 11 is 3.07. The van der Waals surface area contributed by atoms with E-state index in [1.54, 1.807) is 11.3 Å². The average molecular weight is 354 g/mol. The molecule has 0 aliphatic heterocycles. The Morgan fingerprint density at radius 2 is 1.79 bits per heavy atom. The van der Waals surface area contributed by atoms with Gasteiger partial charge in [-0.3, -0.25) is 10.1 Å². The maximum absolute atomic E-state index is 12.4. The van der Waals surface area contributed by atoms with Gasteiger partial charge in [0.2, 0.25) is 0 Å².